The summed E-state index contributed by atoms with van der Waals surface area (Å²) < 4.78 is 0. The van der Waals surface area contributed by atoms with Crippen LogP contribution in [-0.2, 0) is 6.61 Å². The number of nitro benzene ring substituents is 2. The van der Waals surface area contributed by atoms with E-state index in [2.05, 4.69) is 10.3 Å². The molecule has 0 radical (unpaired) electrons. The fourth-order valence-corrected chi connectivity index (χ4v) is 3.39. The van der Waals surface area contributed by atoms with Crippen LogP contribution in [-0.4, -0.2) is 19.9 Å². The zero-order valence-electron chi connectivity index (χ0n) is 15.8. The third kappa shape index (κ3) is 4.22. The number of halogens is 1. The Balaban J connectivity index is 2.25. The van der Waals surface area contributed by atoms with Crippen LogP contribution in [0.2, 0.25) is 5.02 Å². The predicted octanol–water partition coefficient (Wildman–Crippen LogP) is 4.55. The number of hydrogen-bond donors (Lipinski definition) is 2. The molecule has 2 N–H and O–H groups in total. The van der Waals surface area contributed by atoms with E-state index in [4.69, 9.17) is 11.6 Å². The molecule has 0 aliphatic carbocycles. The molecule has 1 atom stereocenters. The number of nitrogens with one attached hydrogen (secondary N) is 1. The van der Waals surface area contributed by atoms with Gasteiger partial charge in [0.05, 0.1) is 28.2 Å². The molecule has 3 aromatic rings. The van der Waals surface area contributed by atoms with Crippen molar-refractivity contribution >= 4 is 28.7 Å². The van der Waals surface area contributed by atoms with Crippen molar-refractivity contribution in [1.29, 1.82) is 0 Å². The number of nitro groups is 2. The van der Waals surface area contributed by atoms with Gasteiger partial charge in [-0.15, -0.1) is 0 Å². The smallest absolute Gasteiger partial charge is 0.302 e. The minimum absolute atomic E-state index is 0.107. The van der Waals surface area contributed by atoms with Gasteiger partial charge in [-0.05, 0) is 42.3 Å². The predicted molar refractivity (Wildman–Crippen MR) is 112 cm³/mol. The van der Waals surface area contributed by atoms with Gasteiger partial charge < -0.3 is 10.4 Å². The van der Waals surface area contributed by atoms with Crippen molar-refractivity contribution in [1.82, 2.24) is 4.98 Å². The summed E-state index contributed by atoms with van der Waals surface area (Å²) in [5.41, 5.74) is 0.101. The highest BCUT2D eigenvalue weighted by Gasteiger charge is 2.32. The second-order valence-corrected chi connectivity index (χ2v) is 6.90. The third-order valence-electron chi connectivity index (χ3n) is 4.64. The van der Waals surface area contributed by atoms with Crippen LogP contribution in [0.5, 0.6) is 0 Å². The fraction of sp³-hybridized carbons (Fsp3) is 0.150. The lowest BCUT2D eigenvalue weighted by molar-refractivity contribution is -0.392. The van der Waals surface area contributed by atoms with Gasteiger partial charge in [-0.2, -0.15) is 0 Å². The number of nitrogens with zero attached hydrogens (tertiary/aromatic N) is 3. The first-order chi connectivity index (χ1) is 14.3. The highest BCUT2D eigenvalue weighted by molar-refractivity contribution is 6.30. The Bertz CT molecular complexity index is 1110. The lowest BCUT2D eigenvalue weighted by atomic mass is 9.99. The molecule has 154 valence electrons. The molecule has 0 aliphatic heterocycles. The molecule has 3 rings (SSSR count). The molecule has 10 heteroatoms. The van der Waals surface area contributed by atoms with Crippen molar-refractivity contribution in [2.75, 3.05) is 5.32 Å². The van der Waals surface area contributed by atoms with Crippen LogP contribution in [0.3, 0.4) is 0 Å². The number of hydrogen-bond acceptors (Lipinski definition) is 7. The zero-order chi connectivity index (χ0) is 21.8. The van der Waals surface area contributed by atoms with Crippen LogP contribution in [0.1, 0.15) is 28.4 Å². The van der Waals surface area contributed by atoms with Crippen molar-refractivity contribution in [3.63, 3.8) is 0 Å². The van der Waals surface area contributed by atoms with Crippen molar-refractivity contribution in [2.24, 2.45) is 0 Å². The molecule has 0 spiro atoms. The summed E-state index contributed by atoms with van der Waals surface area (Å²) in [6, 6.07) is 12.3. The molecular weight excluding hydrogens is 412 g/mol. The molecule has 30 heavy (non-hydrogen) atoms. The summed E-state index contributed by atoms with van der Waals surface area (Å²) in [5, 5.41) is 36.4. The summed E-state index contributed by atoms with van der Waals surface area (Å²) in [6.45, 7) is 0.875. The molecule has 0 amide bonds. The van der Waals surface area contributed by atoms with E-state index in [1.54, 1.807) is 48.7 Å². The number of aliphatic hydroxyl groups is 1. The van der Waals surface area contributed by atoms with Crippen molar-refractivity contribution in [3.8, 4) is 0 Å². The number of benzene rings is 2. The summed E-state index contributed by atoms with van der Waals surface area (Å²) >= 11 is 6.12. The molecule has 2 aromatic carbocycles. The zero-order valence-corrected chi connectivity index (χ0v) is 16.5. The van der Waals surface area contributed by atoms with E-state index in [1.165, 1.54) is 6.92 Å². The molecule has 1 unspecified atom stereocenters. The van der Waals surface area contributed by atoms with Crippen LogP contribution < -0.4 is 5.32 Å². The quantitative estimate of drug-likeness (QED) is 0.416. The average molecular weight is 429 g/mol. The monoisotopic (exact) mass is 428 g/mol. The highest BCUT2D eigenvalue weighted by Crippen LogP contribution is 2.42. The van der Waals surface area contributed by atoms with Gasteiger partial charge in [0.2, 0.25) is 0 Å². The maximum atomic E-state index is 11.8. The van der Waals surface area contributed by atoms with Crippen molar-refractivity contribution in [2.45, 2.75) is 19.6 Å². The Hall–Kier alpha value is -3.56. The van der Waals surface area contributed by atoms with E-state index in [1.807, 2.05) is 0 Å². The van der Waals surface area contributed by atoms with Gasteiger partial charge in [-0.25, -0.2) is 0 Å². The first-order valence-corrected chi connectivity index (χ1v) is 9.20. The number of pyridine rings is 1. The van der Waals surface area contributed by atoms with Gasteiger partial charge in [0.1, 0.15) is 0 Å². The second kappa shape index (κ2) is 8.85. The molecule has 1 heterocycles. The lowest BCUT2D eigenvalue weighted by Crippen LogP contribution is -2.17. The maximum absolute atomic E-state index is 11.8. The topological polar surface area (TPSA) is 131 Å². The van der Waals surface area contributed by atoms with Crippen LogP contribution in [0.15, 0.2) is 54.7 Å². The SMILES string of the molecule is Cc1c(CO)cc([N+](=O)[O-])c(NC(c2cccc(Cl)c2)c2ccccn2)c1[N+](=O)[O-]. The normalized spacial score (nSPS) is 11.7. The number of aliphatic hydroxyl groups excluding tert-OH is 1. The lowest BCUT2D eigenvalue weighted by Gasteiger charge is -2.21. The van der Waals surface area contributed by atoms with Gasteiger partial charge in [-0.1, -0.05) is 29.8 Å². The Kier molecular flexibility index (Phi) is 6.24. The summed E-state index contributed by atoms with van der Waals surface area (Å²) in [5.74, 6) is 0. The molecule has 0 aliphatic rings. The molecule has 1 aromatic heterocycles. The van der Waals surface area contributed by atoms with Crippen LogP contribution in [0.25, 0.3) is 0 Å². The van der Waals surface area contributed by atoms with Gasteiger partial charge in [0.15, 0.2) is 5.69 Å². The van der Waals surface area contributed by atoms with Crippen LogP contribution >= 0.6 is 11.6 Å². The number of aromatic nitrogens is 1. The molecule has 0 saturated carbocycles. The van der Waals surface area contributed by atoms with Gasteiger partial charge >= 0.3 is 5.69 Å². The summed E-state index contributed by atoms with van der Waals surface area (Å²) in [7, 11) is 0. The average Bonchev–Trinajstić information content (AvgIpc) is 2.72. The van der Waals surface area contributed by atoms with E-state index in [9.17, 15) is 25.3 Å². The van der Waals surface area contributed by atoms with E-state index < -0.39 is 33.9 Å². The second-order valence-electron chi connectivity index (χ2n) is 6.46. The summed E-state index contributed by atoms with van der Waals surface area (Å²) in [4.78, 5) is 26.4. The van der Waals surface area contributed by atoms with Crippen molar-refractivity contribution < 1.29 is 15.0 Å². The van der Waals surface area contributed by atoms with E-state index in [-0.39, 0.29) is 16.8 Å². The van der Waals surface area contributed by atoms with Crippen LogP contribution in [0, 0.1) is 27.2 Å². The molecule has 0 saturated heterocycles. The Morgan fingerprint density at radius 1 is 1.13 bits per heavy atom. The van der Waals surface area contributed by atoms with E-state index in [0.29, 0.717) is 16.3 Å². The summed E-state index contributed by atoms with van der Waals surface area (Å²) in [6.07, 6.45) is 1.55. The molecule has 0 bridgehead atoms. The maximum Gasteiger partial charge on any atom is 0.302 e. The van der Waals surface area contributed by atoms with Crippen molar-refractivity contribution in [3.05, 3.63) is 102 Å². The number of anilines is 1. The molecular formula is C20H17ClN4O5. The molecule has 0 fully saturated rings. The van der Waals surface area contributed by atoms with Gasteiger partial charge in [0, 0.05) is 22.8 Å². The van der Waals surface area contributed by atoms with E-state index in [0.717, 1.165) is 6.07 Å². The van der Waals surface area contributed by atoms with Gasteiger partial charge in [-0.3, -0.25) is 25.2 Å². The molecule has 9 nitrogen and oxygen atoms in total. The highest BCUT2D eigenvalue weighted by atomic mass is 35.5. The standard InChI is InChI=1S/C20H17ClN4O5/c1-12-14(11-26)10-17(24(27)28)19(20(12)25(29)30)23-18(16-7-2-3-8-22-16)13-5-4-6-15(21)9-13/h2-10,18,23,26H,11H2,1H3. The fourth-order valence-electron chi connectivity index (χ4n) is 3.19. The number of rotatable bonds is 7. The largest absolute Gasteiger partial charge is 0.392 e. The first-order valence-electron chi connectivity index (χ1n) is 8.82. The Morgan fingerprint density at radius 3 is 2.47 bits per heavy atom. The van der Waals surface area contributed by atoms with Gasteiger partial charge in [0.25, 0.3) is 5.69 Å². The Labute approximate surface area is 176 Å². The van der Waals surface area contributed by atoms with E-state index >= 15 is 0 Å². The van der Waals surface area contributed by atoms with Crippen LogP contribution in [0.4, 0.5) is 17.1 Å². The first kappa shape index (κ1) is 21.2. The minimum Gasteiger partial charge on any atom is -0.392 e. The Morgan fingerprint density at radius 2 is 1.90 bits per heavy atom. The minimum atomic E-state index is -0.748. The third-order valence-corrected chi connectivity index (χ3v) is 4.88.